The van der Waals surface area contributed by atoms with Crippen molar-refractivity contribution < 1.29 is 0 Å². The van der Waals surface area contributed by atoms with Gasteiger partial charge in [0.05, 0.1) is 5.69 Å². The van der Waals surface area contributed by atoms with E-state index in [2.05, 4.69) is 60.8 Å². The van der Waals surface area contributed by atoms with Crippen molar-refractivity contribution >= 4 is 0 Å². The minimum Gasteiger partial charge on any atom is -0.261 e. The molecule has 27 heavy (non-hydrogen) atoms. The second-order valence-corrected chi connectivity index (χ2v) is 7.34. The Morgan fingerprint density at radius 2 is 1.74 bits per heavy atom. The highest BCUT2D eigenvalue weighted by molar-refractivity contribution is 5.68. The molecule has 2 heterocycles. The molecule has 2 aromatic rings. The quantitative estimate of drug-likeness (QED) is 0.478. The van der Waals surface area contributed by atoms with Crippen LogP contribution in [0.25, 0.3) is 11.1 Å². The van der Waals surface area contributed by atoms with Crippen LogP contribution in [0.3, 0.4) is 0 Å². The van der Waals surface area contributed by atoms with Crippen molar-refractivity contribution in [1.82, 2.24) is 9.97 Å². The zero-order chi connectivity index (χ0) is 19.1. The number of rotatable bonds is 9. The summed E-state index contributed by atoms with van der Waals surface area (Å²) >= 11 is 0. The fraction of sp³-hybridized carbons (Fsp3) is 0.360. The Balaban J connectivity index is 1.78. The zero-order valence-electron chi connectivity index (χ0n) is 16.6. The van der Waals surface area contributed by atoms with Gasteiger partial charge in [0.2, 0.25) is 0 Å². The van der Waals surface area contributed by atoms with Crippen LogP contribution in [0.2, 0.25) is 0 Å². The molecule has 0 N–H and O–H groups in total. The monoisotopic (exact) mass is 358 g/mol. The van der Waals surface area contributed by atoms with Crippen molar-refractivity contribution in [3.05, 3.63) is 84.5 Å². The van der Waals surface area contributed by atoms with Crippen molar-refractivity contribution in [3.8, 4) is 11.1 Å². The first-order valence-electron chi connectivity index (χ1n) is 10.1. The second-order valence-electron chi connectivity index (χ2n) is 7.34. The van der Waals surface area contributed by atoms with Gasteiger partial charge in [0.25, 0.3) is 0 Å². The van der Waals surface area contributed by atoms with Crippen LogP contribution in [0.5, 0.6) is 0 Å². The van der Waals surface area contributed by atoms with Gasteiger partial charge in [-0.3, -0.25) is 9.97 Å². The third-order valence-electron chi connectivity index (χ3n) is 5.54. The third-order valence-corrected chi connectivity index (χ3v) is 5.54. The molecule has 0 unspecified atom stereocenters. The molecule has 2 aromatic heterocycles. The van der Waals surface area contributed by atoms with Crippen LogP contribution in [-0.2, 0) is 12.8 Å². The Morgan fingerprint density at radius 1 is 1.07 bits per heavy atom. The summed E-state index contributed by atoms with van der Waals surface area (Å²) in [7, 11) is 0. The van der Waals surface area contributed by atoms with E-state index < -0.39 is 0 Å². The van der Waals surface area contributed by atoms with Crippen molar-refractivity contribution in [2.75, 3.05) is 0 Å². The number of aromatic nitrogens is 2. The Labute approximate surface area is 163 Å². The average molecular weight is 359 g/mol. The molecule has 140 valence electrons. The van der Waals surface area contributed by atoms with Gasteiger partial charge in [-0.15, -0.1) is 0 Å². The molecule has 2 nitrogen and oxygen atoms in total. The highest BCUT2D eigenvalue weighted by Crippen LogP contribution is 2.55. The van der Waals surface area contributed by atoms with Gasteiger partial charge in [-0.1, -0.05) is 63.3 Å². The lowest BCUT2D eigenvalue weighted by molar-refractivity contribution is 0.550. The van der Waals surface area contributed by atoms with Gasteiger partial charge < -0.3 is 0 Å². The van der Waals surface area contributed by atoms with Crippen LogP contribution in [0.1, 0.15) is 50.9 Å². The summed E-state index contributed by atoms with van der Waals surface area (Å²) < 4.78 is 0. The predicted octanol–water partition coefficient (Wildman–Crippen LogP) is 6.50. The van der Waals surface area contributed by atoms with E-state index in [4.69, 9.17) is 0 Å². The molecular weight excluding hydrogens is 328 g/mol. The number of aryl methyl sites for hydroxylation is 1. The van der Waals surface area contributed by atoms with E-state index >= 15 is 0 Å². The SMILES string of the molecule is C=C/C(=C\C=C\Cc1ncccc1-c1cccnc1CC)C1(CCC)CC1. The Kier molecular flexibility index (Phi) is 6.39. The minimum absolute atomic E-state index is 0.405. The van der Waals surface area contributed by atoms with E-state index in [1.54, 1.807) is 0 Å². The molecule has 0 aromatic carbocycles. The molecule has 1 aliphatic rings. The fourth-order valence-corrected chi connectivity index (χ4v) is 3.94. The molecule has 1 fully saturated rings. The fourth-order valence-electron chi connectivity index (χ4n) is 3.94. The molecule has 0 amide bonds. The number of hydrogen-bond acceptors (Lipinski definition) is 2. The summed E-state index contributed by atoms with van der Waals surface area (Å²) in [6, 6.07) is 8.31. The molecule has 0 atom stereocenters. The van der Waals surface area contributed by atoms with E-state index in [0.717, 1.165) is 24.2 Å². The Bertz CT molecular complexity index is 841. The van der Waals surface area contributed by atoms with Crippen molar-refractivity contribution in [3.63, 3.8) is 0 Å². The molecule has 0 spiro atoms. The molecule has 3 rings (SSSR count). The van der Waals surface area contributed by atoms with E-state index in [9.17, 15) is 0 Å². The largest absolute Gasteiger partial charge is 0.261 e. The lowest BCUT2D eigenvalue weighted by atomic mass is 9.90. The molecule has 1 aliphatic carbocycles. The van der Waals surface area contributed by atoms with E-state index in [0.29, 0.717) is 5.41 Å². The predicted molar refractivity (Wildman–Crippen MR) is 115 cm³/mol. The van der Waals surface area contributed by atoms with Crippen LogP contribution in [0.4, 0.5) is 0 Å². The highest BCUT2D eigenvalue weighted by Gasteiger charge is 2.43. The minimum atomic E-state index is 0.405. The number of allylic oxidation sites excluding steroid dienone is 5. The first-order chi connectivity index (χ1) is 13.2. The van der Waals surface area contributed by atoms with E-state index in [1.165, 1.54) is 42.4 Å². The number of nitrogens with zero attached hydrogens (tertiary/aromatic N) is 2. The maximum Gasteiger partial charge on any atom is 0.0520 e. The van der Waals surface area contributed by atoms with Gasteiger partial charge in [-0.25, -0.2) is 0 Å². The molecular formula is C25H30N2. The first-order valence-corrected chi connectivity index (χ1v) is 10.1. The number of hydrogen-bond donors (Lipinski definition) is 0. The van der Waals surface area contributed by atoms with E-state index in [1.807, 2.05) is 30.6 Å². The number of pyridine rings is 2. The Morgan fingerprint density at radius 3 is 2.33 bits per heavy atom. The van der Waals surface area contributed by atoms with Gasteiger partial charge in [-0.05, 0) is 48.8 Å². The first kappa shape index (κ1) is 19.3. The highest BCUT2D eigenvalue weighted by atomic mass is 14.7. The summed E-state index contributed by atoms with van der Waals surface area (Å²) in [5, 5.41) is 0. The maximum absolute atomic E-state index is 4.64. The average Bonchev–Trinajstić information content (AvgIpc) is 3.49. The van der Waals surface area contributed by atoms with Gasteiger partial charge >= 0.3 is 0 Å². The summed E-state index contributed by atoms with van der Waals surface area (Å²) in [6.07, 6.45) is 19.3. The lowest BCUT2D eigenvalue weighted by Gasteiger charge is -2.14. The second kappa shape index (κ2) is 8.94. The molecule has 0 saturated heterocycles. The van der Waals surface area contributed by atoms with Gasteiger partial charge in [-0.2, -0.15) is 0 Å². The van der Waals surface area contributed by atoms with Crippen molar-refractivity contribution in [2.24, 2.45) is 5.41 Å². The van der Waals surface area contributed by atoms with E-state index in [-0.39, 0.29) is 0 Å². The van der Waals surface area contributed by atoms with Gasteiger partial charge in [0.15, 0.2) is 0 Å². The topological polar surface area (TPSA) is 25.8 Å². The normalized spacial score (nSPS) is 15.9. The van der Waals surface area contributed by atoms with Crippen LogP contribution >= 0.6 is 0 Å². The van der Waals surface area contributed by atoms with Crippen molar-refractivity contribution in [1.29, 1.82) is 0 Å². The smallest absolute Gasteiger partial charge is 0.0520 e. The zero-order valence-corrected chi connectivity index (χ0v) is 16.6. The lowest BCUT2D eigenvalue weighted by Crippen LogP contribution is -2.01. The standard InChI is InChI=1S/C25H30N2/c1-4-15-25(16-17-25)20(5-2)11-7-8-14-24-22(13-10-19-27-24)21-12-9-18-26-23(21)6-3/h5,7-13,18-19H,2,4,6,14-17H2,1,3H3/b8-7+,20-11+. The maximum atomic E-state index is 4.64. The van der Waals surface area contributed by atoms with Gasteiger partial charge in [0, 0.05) is 35.6 Å². The van der Waals surface area contributed by atoms with Crippen LogP contribution < -0.4 is 0 Å². The summed E-state index contributed by atoms with van der Waals surface area (Å²) in [4.78, 5) is 9.17. The van der Waals surface area contributed by atoms with Crippen LogP contribution in [-0.4, -0.2) is 9.97 Å². The van der Waals surface area contributed by atoms with Crippen molar-refractivity contribution in [2.45, 2.75) is 52.4 Å². The molecule has 0 bridgehead atoms. The van der Waals surface area contributed by atoms with Crippen LogP contribution in [0, 0.1) is 5.41 Å². The summed E-state index contributed by atoms with van der Waals surface area (Å²) in [5.74, 6) is 0. The summed E-state index contributed by atoms with van der Waals surface area (Å²) in [6.45, 7) is 8.45. The van der Waals surface area contributed by atoms with Gasteiger partial charge in [0.1, 0.15) is 0 Å². The molecule has 0 radical (unpaired) electrons. The molecule has 1 saturated carbocycles. The molecule has 2 heteroatoms. The van der Waals surface area contributed by atoms with Crippen LogP contribution in [0.15, 0.2) is 73.1 Å². The summed E-state index contributed by atoms with van der Waals surface area (Å²) in [5.41, 5.74) is 6.40. The Hall–Kier alpha value is -2.48. The third kappa shape index (κ3) is 4.44. The molecule has 0 aliphatic heterocycles.